The van der Waals surface area contributed by atoms with E-state index in [-0.39, 0.29) is 5.57 Å². The zero-order chi connectivity index (χ0) is 23.8. The van der Waals surface area contributed by atoms with Gasteiger partial charge in [-0.25, -0.2) is 0 Å². The Bertz CT molecular complexity index is 1220. The third-order valence-electron chi connectivity index (χ3n) is 4.58. The molecule has 1 amide bonds. The molecule has 0 radical (unpaired) electrons. The van der Waals surface area contributed by atoms with Crippen LogP contribution in [0.3, 0.4) is 0 Å². The Balaban J connectivity index is 1.84. The highest BCUT2D eigenvalue weighted by atomic mass is 127. The van der Waals surface area contributed by atoms with Crippen LogP contribution in [0, 0.1) is 25.4 Å². The van der Waals surface area contributed by atoms with Crippen molar-refractivity contribution in [1.82, 2.24) is 0 Å². The standard InChI is InChI=1S/C26H22I2N2O3/c1-3-32-24-14-19(12-20(15-29)26(31)30-22-6-4-5-17(2)11-22)13-23(28)25(24)33-16-18-7-9-21(27)10-8-18/h4-14H,3,16H2,1-2H3,(H,30,31)/b20-12+. The van der Waals surface area contributed by atoms with Gasteiger partial charge in [0.15, 0.2) is 11.5 Å². The molecule has 0 bridgehead atoms. The molecule has 0 aliphatic rings. The van der Waals surface area contributed by atoms with Gasteiger partial charge in [-0.2, -0.15) is 5.26 Å². The van der Waals surface area contributed by atoms with Crippen LogP contribution in [0.25, 0.3) is 6.08 Å². The molecule has 0 aliphatic heterocycles. The summed E-state index contributed by atoms with van der Waals surface area (Å²) in [4.78, 5) is 12.6. The summed E-state index contributed by atoms with van der Waals surface area (Å²) in [6, 6.07) is 21.2. The molecule has 33 heavy (non-hydrogen) atoms. The number of aryl methyl sites for hydroxylation is 1. The number of ether oxygens (including phenoxy) is 2. The zero-order valence-electron chi connectivity index (χ0n) is 18.2. The van der Waals surface area contributed by atoms with E-state index in [0.717, 1.165) is 18.3 Å². The highest BCUT2D eigenvalue weighted by Gasteiger charge is 2.15. The first-order valence-corrected chi connectivity index (χ1v) is 12.4. The quantitative estimate of drug-likeness (QED) is 0.165. The van der Waals surface area contributed by atoms with Gasteiger partial charge >= 0.3 is 0 Å². The summed E-state index contributed by atoms with van der Waals surface area (Å²) < 4.78 is 13.9. The summed E-state index contributed by atoms with van der Waals surface area (Å²) in [6.07, 6.45) is 1.55. The molecule has 0 aromatic heterocycles. The summed E-state index contributed by atoms with van der Waals surface area (Å²) in [5, 5.41) is 12.4. The average Bonchev–Trinajstić information content (AvgIpc) is 2.78. The molecule has 0 aliphatic carbocycles. The molecule has 3 aromatic carbocycles. The Kier molecular flexibility index (Phi) is 9.14. The van der Waals surface area contributed by atoms with Crippen molar-refractivity contribution in [2.45, 2.75) is 20.5 Å². The number of hydrogen-bond acceptors (Lipinski definition) is 4. The predicted molar refractivity (Wildman–Crippen MR) is 147 cm³/mol. The Morgan fingerprint density at radius 3 is 2.52 bits per heavy atom. The second-order valence-corrected chi connectivity index (χ2v) is 9.58. The maximum Gasteiger partial charge on any atom is 0.266 e. The summed E-state index contributed by atoms with van der Waals surface area (Å²) >= 11 is 4.45. The molecular formula is C26H22I2N2O3. The lowest BCUT2D eigenvalue weighted by atomic mass is 10.1. The normalized spacial score (nSPS) is 10.9. The van der Waals surface area contributed by atoms with Gasteiger partial charge in [-0.05, 0) is 118 Å². The molecule has 5 nitrogen and oxygen atoms in total. The number of carbonyl (C=O) groups excluding carboxylic acids is 1. The van der Waals surface area contributed by atoms with E-state index in [2.05, 4.69) is 50.5 Å². The van der Waals surface area contributed by atoms with Gasteiger partial charge in [0.2, 0.25) is 0 Å². The first-order valence-electron chi connectivity index (χ1n) is 10.2. The average molecular weight is 664 g/mol. The molecule has 7 heteroatoms. The third kappa shape index (κ3) is 7.20. The van der Waals surface area contributed by atoms with Gasteiger partial charge in [0.05, 0.1) is 10.2 Å². The number of anilines is 1. The molecule has 0 saturated heterocycles. The van der Waals surface area contributed by atoms with Crippen LogP contribution in [0.4, 0.5) is 5.69 Å². The van der Waals surface area contributed by atoms with Gasteiger partial charge in [-0.15, -0.1) is 0 Å². The first-order chi connectivity index (χ1) is 15.9. The van der Waals surface area contributed by atoms with E-state index >= 15 is 0 Å². The highest BCUT2D eigenvalue weighted by Crippen LogP contribution is 2.35. The number of hydrogen-bond donors (Lipinski definition) is 1. The van der Waals surface area contributed by atoms with Crippen molar-refractivity contribution in [1.29, 1.82) is 5.26 Å². The van der Waals surface area contributed by atoms with E-state index in [0.29, 0.717) is 36.0 Å². The fraction of sp³-hybridized carbons (Fsp3) is 0.154. The number of halogens is 2. The van der Waals surface area contributed by atoms with E-state index < -0.39 is 5.91 Å². The minimum absolute atomic E-state index is 0.00214. The van der Waals surface area contributed by atoms with E-state index in [1.165, 1.54) is 0 Å². The molecule has 0 saturated carbocycles. The van der Waals surface area contributed by atoms with Gasteiger partial charge in [0.1, 0.15) is 18.2 Å². The molecule has 168 valence electrons. The van der Waals surface area contributed by atoms with Gasteiger partial charge in [0, 0.05) is 9.26 Å². The van der Waals surface area contributed by atoms with Crippen LogP contribution in [0.1, 0.15) is 23.6 Å². The number of nitrogens with one attached hydrogen (secondary N) is 1. The fourth-order valence-electron chi connectivity index (χ4n) is 3.05. The zero-order valence-corrected chi connectivity index (χ0v) is 22.5. The van der Waals surface area contributed by atoms with Gasteiger partial charge < -0.3 is 14.8 Å². The van der Waals surface area contributed by atoms with Crippen molar-refractivity contribution in [2.75, 3.05) is 11.9 Å². The number of nitriles is 1. The Hall–Kier alpha value is -2.58. The molecular weight excluding hydrogens is 642 g/mol. The van der Waals surface area contributed by atoms with Crippen LogP contribution in [-0.4, -0.2) is 12.5 Å². The first kappa shape index (κ1) is 25.1. The smallest absolute Gasteiger partial charge is 0.266 e. The molecule has 3 rings (SSSR count). The SMILES string of the molecule is CCOc1cc(/C=C(\C#N)C(=O)Nc2cccc(C)c2)cc(I)c1OCc1ccc(I)cc1. The van der Waals surface area contributed by atoms with Crippen molar-refractivity contribution in [2.24, 2.45) is 0 Å². The molecule has 0 heterocycles. The third-order valence-corrected chi connectivity index (χ3v) is 6.10. The maximum absolute atomic E-state index is 12.6. The molecule has 0 atom stereocenters. The lowest BCUT2D eigenvalue weighted by Crippen LogP contribution is -2.13. The van der Waals surface area contributed by atoms with Crippen LogP contribution in [0.2, 0.25) is 0 Å². The van der Waals surface area contributed by atoms with Gasteiger partial charge in [-0.3, -0.25) is 4.79 Å². The van der Waals surface area contributed by atoms with E-state index in [4.69, 9.17) is 9.47 Å². The largest absolute Gasteiger partial charge is 0.490 e. The number of carbonyl (C=O) groups is 1. The Labute approximate surface area is 221 Å². The molecule has 0 fully saturated rings. The maximum atomic E-state index is 12.6. The van der Waals surface area contributed by atoms with E-state index in [1.54, 1.807) is 18.2 Å². The minimum Gasteiger partial charge on any atom is -0.490 e. The lowest BCUT2D eigenvalue weighted by molar-refractivity contribution is -0.112. The fourth-order valence-corrected chi connectivity index (χ4v) is 4.19. The van der Waals surface area contributed by atoms with Crippen molar-refractivity contribution < 1.29 is 14.3 Å². The van der Waals surface area contributed by atoms with Crippen molar-refractivity contribution in [3.63, 3.8) is 0 Å². The predicted octanol–water partition coefficient (Wildman–Crippen LogP) is 6.73. The Morgan fingerprint density at radius 1 is 1.09 bits per heavy atom. The molecule has 0 unspecified atom stereocenters. The highest BCUT2D eigenvalue weighted by molar-refractivity contribution is 14.1. The summed E-state index contributed by atoms with van der Waals surface area (Å²) in [6.45, 7) is 4.71. The second-order valence-electron chi connectivity index (χ2n) is 7.17. The number of nitrogens with zero attached hydrogens (tertiary/aromatic N) is 1. The molecule has 1 N–H and O–H groups in total. The molecule has 0 spiro atoms. The lowest BCUT2D eigenvalue weighted by Gasteiger charge is -2.15. The van der Waals surface area contributed by atoms with E-state index in [9.17, 15) is 10.1 Å². The summed E-state index contributed by atoms with van der Waals surface area (Å²) in [7, 11) is 0. The van der Waals surface area contributed by atoms with Crippen LogP contribution in [0.5, 0.6) is 11.5 Å². The van der Waals surface area contributed by atoms with Crippen LogP contribution in [0.15, 0.2) is 66.2 Å². The van der Waals surface area contributed by atoms with Crippen LogP contribution in [-0.2, 0) is 11.4 Å². The number of benzene rings is 3. The van der Waals surface area contributed by atoms with E-state index in [1.807, 2.05) is 68.4 Å². The van der Waals surface area contributed by atoms with Crippen LogP contribution >= 0.6 is 45.2 Å². The number of amides is 1. The summed E-state index contributed by atoms with van der Waals surface area (Å²) in [5.74, 6) is 0.739. The van der Waals surface area contributed by atoms with Crippen molar-refractivity contribution in [3.8, 4) is 17.6 Å². The minimum atomic E-state index is -0.463. The monoisotopic (exact) mass is 664 g/mol. The second kappa shape index (κ2) is 12.0. The molecule has 3 aromatic rings. The van der Waals surface area contributed by atoms with Crippen molar-refractivity contribution in [3.05, 3.63) is 90.1 Å². The van der Waals surface area contributed by atoms with Gasteiger partial charge in [0.25, 0.3) is 5.91 Å². The Morgan fingerprint density at radius 2 is 1.85 bits per heavy atom. The topological polar surface area (TPSA) is 71.3 Å². The van der Waals surface area contributed by atoms with Gasteiger partial charge in [-0.1, -0.05) is 24.3 Å². The van der Waals surface area contributed by atoms with Crippen LogP contribution < -0.4 is 14.8 Å². The summed E-state index contributed by atoms with van der Waals surface area (Å²) in [5.41, 5.74) is 3.40. The van der Waals surface area contributed by atoms with Crippen molar-refractivity contribution >= 4 is 62.9 Å². The number of rotatable bonds is 8.